The summed E-state index contributed by atoms with van der Waals surface area (Å²) < 4.78 is 23.5. The summed E-state index contributed by atoms with van der Waals surface area (Å²) in [5.41, 5.74) is -3.49. The first-order valence-electron chi connectivity index (χ1n) is 14.7. The van der Waals surface area contributed by atoms with Crippen LogP contribution in [0.2, 0.25) is 0 Å². The first-order chi connectivity index (χ1) is 18.8. The molecule has 11 atom stereocenters. The van der Waals surface area contributed by atoms with Crippen LogP contribution in [0.15, 0.2) is 11.1 Å². The fourth-order valence-corrected chi connectivity index (χ4v) is 8.97. The number of aliphatic hydroxyl groups excluding tert-OH is 1. The molecule has 41 heavy (non-hydrogen) atoms. The predicted octanol–water partition coefficient (Wildman–Crippen LogP) is 2.28. The van der Waals surface area contributed by atoms with Gasteiger partial charge in [-0.15, -0.1) is 0 Å². The zero-order chi connectivity index (χ0) is 31.0. The van der Waals surface area contributed by atoms with Gasteiger partial charge in [0.15, 0.2) is 11.7 Å². The highest BCUT2D eigenvalue weighted by Crippen LogP contribution is 2.66. The monoisotopic (exact) mass is 579 g/mol. The normalized spacial score (nSPS) is 43.1. The molecule has 4 rings (SSSR count). The summed E-state index contributed by atoms with van der Waals surface area (Å²) in [4.78, 5) is 42.4. The highest BCUT2D eigenvalue weighted by Gasteiger charge is 2.75. The summed E-state index contributed by atoms with van der Waals surface area (Å²) in [5, 5.41) is 24.4. The number of fused-ring (bicyclic) bond motifs is 5. The Morgan fingerprint density at radius 2 is 1.78 bits per heavy atom. The zero-order valence-corrected chi connectivity index (χ0v) is 26.4. The molecular weight excluding hydrogens is 530 g/mol. The smallest absolute Gasteiger partial charge is 0.337 e. The minimum atomic E-state index is -1.51. The third kappa shape index (κ3) is 4.34. The molecule has 232 valence electrons. The van der Waals surface area contributed by atoms with Crippen molar-refractivity contribution in [1.29, 1.82) is 0 Å². The lowest BCUT2D eigenvalue weighted by atomic mass is 9.42. The van der Waals surface area contributed by atoms with Crippen LogP contribution in [0.25, 0.3) is 0 Å². The van der Waals surface area contributed by atoms with Crippen molar-refractivity contribution in [3.05, 3.63) is 11.1 Å². The molecule has 0 amide bonds. The van der Waals surface area contributed by atoms with Crippen molar-refractivity contribution >= 4 is 17.7 Å². The van der Waals surface area contributed by atoms with Crippen LogP contribution in [0, 0.1) is 28.6 Å². The van der Waals surface area contributed by atoms with Crippen LogP contribution in [-0.4, -0.2) is 102 Å². The summed E-state index contributed by atoms with van der Waals surface area (Å²) in [7, 11) is 5.16. The number of carbonyl (C=O) groups excluding carboxylic acids is 3. The van der Waals surface area contributed by atoms with Gasteiger partial charge < -0.3 is 34.1 Å². The van der Waals surface area contributed by atoms with Gasteiger partial charge in [-0.1, -0.05) is 27.7 Å². The number of ether oxygens (including phenoxy) is 4. The third-order valence-electron chi connectivity index (χ3n) is 11.5. The molecule has 2 bridgehead atoms. The van der Waals surface area contributed by atoms with E-state index in [4.69, 9.17) is 18.9 Å². The molecule has 1 aliphatic heterocycles. The van der Waals surface area contributed by atoms with Crippen molar-refractivity contribution in [2.45, 2.75) is 110 Å². The number of nitrogens with zero attached hydrogens (tertiary/aromatic N) is 1. The summed E-state index contributed by atoms with van der Waals surface area (Å²) in [6.07, 6.45) is -3.11. The molecule has 2 saturated carbocycles. The van der Waals surface area contributed by atoms with Crippen LogP contribution in [0.1, 0.15) is 68.2 Å². The number of rotatable bonds is 6. The number of hydrogen-bond acceptors (Lipinski definition) is 10. The van der Waals surface area contributed by atoms with E-state index in [2.05, 4.69) is 0 Å². The number of carbonyl (C=O) groups is 3. The van der Waals surface area contributed by atoms with Crippen LogP contribution in [0.5, 0.6) is 0 Å². The zero-order valence-electron chi connectivity index (χ0n) is 26.4. The van der Waals surface area contributed by atoms with Crippen molar-refractivity contribution < 1.29 is 43.5 Å². The second kappa shape index (κ2) is 10.4. The average Bonchev–Trinajstić information content (AvgIpc) is 2.87. The Kier molecular flexibility index (Phi) is 8.14. The van der Waals surface area contributed by atoms with Crippen LogP contribution < -0.4 is 0 Å². The fraction of sp³-hybridized carbons (Fsp3) is 0.839. The Bertz CT molecular complexity index is 1130. The lowest BCUT2D eigenvalue weighted by Crippen LogP contribution is -2.79. The standard InChI is InChI=1S/C31H49NO9/c1-15-20(40-27(36)24(38-11)18(4)32(9)10)13-31(37)17(3)25-29(8,26(35)16(2)23(15)28(31,6)7)21(34)12-22-30(25,14-39-22)41-19(5)33/h16-18,20-22,24-25,34,37H,12-14H2,1-11H3/t16-,17+,18?,20?,21?,22?,24?,25?,29-,30?,31?/m1/s1. The predicted molar refractivity (Wildman–Crippen MR) is 150 cm³/mol. The van der Waals surface area contributed by atoms with E-state index in [-0.39, 0.29) is 31.3 Å². The number of likely N-dealkylation sites (N-methyl/N-ethyl adjacent to an activating group) is 1. The molecule has 0 aromatic rings. The second-order valence-electron chi connectivity index (χ2n) is 13.9. The summed E-state index contributed by atoms with van der Waals surface area (Å²) in [6.45, 7) is 14.4. The molecule has 3 aliphatic carbocycles. The maximum absolute atomic E-state index is 14.6. The average molecular weight is 580 g/mol. The van der Waals surface area contributed by atoms with Gasteiger partial charge in [-0.3, -0.25) is 9.59 Å². The topological polar surface area (TPSA) is 132 Å². The molecule has 0 spiro atoms. The van der Waals surface area contributed by atoms with Gasteiger partial charge in [-0.05, 0) is 51.9 Å². The first kappa shape index (κ1) is 32.1. The molecule has 10 nitrogen and oxygen atoms in total. The van der Waals surface area contributed by atoms with E-state index in [1.165, 1.54) is 14.0 Å². The minimum absolute atomic E-state index is 0.0697. The molecule has 1 saturated heterocycles. The van der Waals surface area contributed by atoms with Crippen molar-refractivity contribution in [3.63, 3.8) is 0 Å². The molecular formula is C31H49NO9. The van der Waals surface area contributed by atoms with Gasteiger partial charge >= 0.3 is 11.9 Å². The molecule has 4 aliphatic rings. The number of esters is 2. The lowest BCUT2D eigenvalue weighted by Gasteiger charge is -2.68. The van der Waals surface area contributed by atoms with Crippen molar-refractivity contribution in [1.82, 2.24) is 4.90 Å². The van der Waals surface area contributed by atoms with E-state index < -0.39 is 76.1 Å². The highest BCUT2D eigenvalue weighted by atomic mass is 16.6. The molecule has 0 aromatic heterocycles. The summed E-state index contributed by atoms with van der Waals surface area (Å²) in [6, 6.07) is -0.267. The summed E-state index contributed by atoms with van der Waals surface area (Å²) in [5.74, 6) is -3.37. The van der Waals surface area contributed by atoms with Gasteiger partial charge in [0, 0.05) is 50.2 Å². The van der Waals surface area contributed by atoms with Crippen molar-refractivity contribution in [2.75, 3.05) is 27.8 Å². The van der Waals surface area contributed by atoms with Crippen LogP contribution in [0.4, 0.5) is 0 Å². The quantitative estimate of drug-likeness (QED) is 0.357. The van der Waals surface area contributed by atoms with Crippen LogP contribution >= 0.6 is 0 Å². The Morgan fingerprint density at radius 3 is 2.27 bits per heavy atom. The fourth-order valence-electron chi connectivity index (χ4n) is 8.97. The largest absolute Gasteiger partial charge is 0.456 e. The third-order valence-corrected chi connectivity index (χ3v) is 11.5. The molecule has 0 aromatic carbocycles. The minimum Gasteiger partial charge on any atom is -0.456 e. The van der Waals surface area contributed by atoms with Crippen molar-refractivity contribution in [3.8, 4) is 0 Å². The number of hydrogen-bond donors (Lipinski definition) is 2. The van der Waals surface area contributed by atoms with E-state index in [0.717, 1.165) is 5.57 Å². The number of Topliss-reactive ketones (excluding diaryl/α,β-unsaturated/α-hetero) is 1. The van der Waals surface area contributed by atoms with Crippen LogP contribution in [0.3, 0.4) is 0 Å². The van der Waals surface area contributed by atoms with E-state index in [0.29, 0.717) is 5.57 Å². The van der Waals surface area contributed by atoms with Gasteiger partial charge in [0.1, 0.15) is 18.0 Å². The highest BCUT2D eigenvalue weighted by molar-refractivity contribution is 5.91. The van der Waals surface area contributed by atoms with Gasteiger partial charge in [0.05, 0.1) is 23.7 Å². The van der Waals surface area contributed by atoms with Crippen molar-refractivity contribution in [2.24, 2.45) is 28.6 Å². The maximum atomic E-state index is 14.6. The maximum Gasteiger partial charge on any atom is 0.337 e. The Morgan fingerprint density at radius 1 is 1.17 bits per heavy atom. The van der Waals surface area contributed by atoms with E-state index in [1.54, 1.807) is 13.8 Å². The van der Waals surface area contributed by atoms with Crippen LogP contribution in [-0.2, 0) is 33.3 Å². The Hall–Kier alpha value is -1.85. The Labute approximate surface area is 243 Å². The van der Waals surface area contributed by atoms with Gasteiger partial charge in [-0.25, -0.2) is 4.79 Å². The number of aliphatic hydroxyl groups is 2. The molecule has 3 fully saturated rings. The summed E-state index contributed by atoms with van der Waals surface area (Å²) >= 11 is 0. The number of ketones is 1. The molecule has 2 N–H and O–H groups in total. The SMILES string of the molecule is COC(C(=O)OC1CC2(O)[C@@H](C)C3C4(OC(C)=O)COC4CC(O)[C@@]3(C)C(=O)[C@H](C)C(=C1C)C2(C)C)C(C)N(C)C. The van der Waals surface area contributed by atoms with Gasteiger partial charge in [-0.2, -0.15) is 0 Å². The van der Waals surface area contributed by atoms with E-state index in [9.17, 15) is 24.6 Å². The lowest BCUT2D eigenvalue weighted by molar-refractivity contribution is -0.338. The van der Waals surface area contributed by atoms with E-state index in [1.807, 2.05) is 53.6 Å². The molecule has 10 heteroatoms. The molecule has 1 heterocycles. The van der Waals surface area contributed by atoms with Gasteiger partial charge in [0.2, 0.25) is 0 Å². The first-order valence-corrected chi connectivity index (χ1v) is 14.7. The van der Waals surface area contributed by atoms with Gasteiger partial charge in [0.25, 0.3) is 0 Å². The molecule has 8 unspecified atom stereocenters. The Balaban J connectivity index is 1.89. The number of methoxy groups -OCH3 is 1. The van der Waals surface area contributed by atoms with E-state index >= 15 is 0 Å². The second-order valence-corrected chi connectivity index (χ2v) is 13.9. The molecule has 0 radical (unpaired) electrons.